The molecular formula is C14H25N3. The third-order valence-corrected chi connectivity index (χ3v) is 4.38. The summed E-state index contributed by atoms with van der Waals surface area (Å²) in [6, 6.07) is 0.173. The van der Waals surface area contributed by atoms with E-state index in [0.717, 1.165) is 11.6 Å². The normalized spacial score (nSPS) is 27.1. The summed E-state index contributed by atoms with van der Waals surface area (Å²) in [5.74, 6) is 1.47. The molecule has 0 amide bonds. The second kappa shape index (κ2) is 4.81. The molecule has 1 heterocycles. The Bertz CT molecular complexity index is 394. The molecule has 96 valence electrons. The van der Waals surface area contributed by atoms with E-state index in [9.17, 15) is 0 Å². The first-order valence-corrected chi connectivity index (χ1v) is 6.76. The number of hydrogen-bond acceptors (Lipinski definition) is 2. The molecule has 3 heteroatoms. The summed E-state index contributed by atoms with van der Waals surface area (Å²) in [5, 5.41) is 4.48. The van der Waals surface area contributed by atoms with Crippen LogP contribution in [0, 0.1) is 25.7 Å². The Labute approximate surface area is 104 Å². The van der Waals surface area contributed by atoms with Crippen LogP contribution in [0.1, 0.15) is 55.6 Å². The molecule has 1 aliphatic rings. The maximum atomic E-state index is 6.49. The lowest BCUT2D eigenvalue weighted by Crippen LogP contribution is -2.27. The van der Waals surface area contributed by atoms with Gasteiger partial charge in [0.05, 0.1) is 5.69 Å². The summed E-state index contributed by atoms with van der Waals surface area (Å²) in [4.78, 5) is 0. The fourth-order valence-electron chi connectivity index (χ4n) is 3.32. The SMILES string of the molecule is Cc1nn(C)c(C)c1C(N)C1CCCC(C)C1. The van der Waals surface area contributed by atoms with Crippen molar-refractivity contribution in [3.8, 4) is 0 Å². The van der Waals surface area contributed by atoms with Gasteiger partial charge in [-0.15, -0.1) is 0 Å². The van der Waals surface area contributed by atoms with Crippen molar-refractivity contribution < 1.29 is 0 Å². The molecule has 3 unspecified atom stereocenters. The lowest BCUT2D eigenvalue weighted by molar-refractivity contribution is 0.247. The van der Waals surface area contributed by atoms with Crippen molar-refractivity contribution >= 4 is 0 Å². The summed E-state index contributed by atoms with van der Waals surface area (Å²) in [6.45, 7) is 6.55. The molecule has 1 aromatic heterocycles. The average Bonchev–Trinajstić information content (AvgIpc) is 2.52. The van der Waals surface area contributed by atoms with Crippen LogP contribution in [0.25, 0.3) is 0 Å². The Kier molecular flexibility index (Phi) is 3.57. The summed E-state index contributed by atoms with van der Waals surface area (Å²) in [5.41, 5.74) is 10.1. The van der Waals surface area contributed by atoms with E-state index in [4.69, 9.17) is 5.73 Å². The molecule has 17 heavy (non-hydrogen) atoms. The average molecular weight is 235 g/mol. The Hall–Kier alpha value is -0.830. The molecule has 3 atom stereocenters. The van der Waals surface area contributed by atoms with Gasteiger partial charge in [-0.3, -0.25) is 4.68 Å². The van der Waals surface area contributed by atoms with E-state index in [-0.39, 0.29) is 6.04 Å². The highest BCUT2D eigenvalue weighted by Crippen LogP contribution is 2.37. The quantitative estimate of drug-likeness (QED) is 0.856. The molecule has 3 nitrogen and oxygen atoms in total. The van der Waals surface area contributed by atoms with Gasteiger partial charge in [0.15, 0.2) is 0 Å². The van der Waals surface area contributed by atoms with E-state index in [2.05, 4.69) is 25.9 Å². The van der Waals surface area contributed by atoms with Crippen molar-refractivity contribution in [3.05, 3.63) is 17.0 Å². The zero-order valence-electron chi connectivity index (χ0n) is 11.5. The maximum Gasteiger partial charge on any atom is 0.0644 e. The third-order valence-electron chi connectivity index (χ3n) is 4.38. The van der Waals surface area contributed by atoms with Crippen molar-refractivity contribution in [2.45, 2.75) is 52.5 Å². The van der Waals surface area contributed by atoms with Gasteiger partial charge in [-0.2, -0.15) is 5.10 Å². The molecule has 1 fully saturated rings. The van der Waals surface area contributed by atoms with Gasteiger partial charge in [0.25, 0.3) is 0 Å². The first-order chi connectivity index (χ1) is 8.00. The highest BCUT2D eigenvalue weighted by Gasteiger charge is 2.28. The zero-order valence-corrected chi connectivity index (χ0v) is 11.5. The summed E-state index contributed by atoms with van der Waals surface area (Å²) >= 11 is 0. The minimum atomic E-state index is 0.173. The van der Waals surface area contributed by atoms with Gasteiger partial charge < -0.3 is 5.73 Å². The molecule has 2 N–H and O–H groups in total. The number of nitrogens with two attached hydrogens (primary N) is 1. The van der Waals surface area contributed by atoms with Gasteiger partial charge in [0, 0.05) is 24.3 Å². The van der Waals surface area contributed by atoms with Gasteiger partial charge in [0.1, 0.15) is 0 Å². The summed E-state index contributed by atoms with van der Waals surface area (Å²) in [6.07, 6.45) is 5.25. The van der Waals surface area contributed by atoms with Crippen molar-refractivity contribution in [1.82, 2.24) is 9.78 Å². The number of aryl methyl sites for hydroxylation is 2. The standard InChI is InChI=1S/C14H25N3/c1-9-6-5-7-12(8-9)14(15)13-10(2)16-17(4)11(13)3/h9,12,14H,5-8,15H2,1-4H3. The molecule has 1 aliphatic carbocycles. The first-order valence-electron chi connectivity index (χ1n) is 6.76. The van der Waals surface area contributed by atoms with Crippen LogP contribution in [0.4, 0.5) is 0 Å². The molecule has 2 rings (SSSR count). The van der Waals surface area contributed by atoms with Crippen LogP contribution in [-0.4, -0.2) is 9.78 Å². The van der Waals surface area contributed by atoms with Gasteiger partial charge in [-0.25, -0.2) is 0 Å². The van der Waals surface area contributed by atoms with Crippen LogP contribution in [0.2, 0.25) is 0 Å². The van der Waals surface area contributed by atoms with Gasteiger partial charge >= 0.3 is 0 Å². The van der Waals surface area contributed by atoms with E-state index in [1.807, 2.05) is 11.7 Å². The lowest BCUT2D eigenvalue weighted by atomic mass is 9.76. The first kappa shape index (κ1) is 12.6. The van der Waals surface area contributed by atoms with E-state index >= 15 is 0 Å². The molecule has 0 spiro atoms. The second-order valence-corrected chi connectivity index (χ2v) is 5.77. The Morgan fingerprint density at radius 3 is 2.59 bits per heavy atom. The van der Waals surface area contributed by atoms with Crippen LogP contribution >= 0.6 is 0 Å². The van der Waals surface area contributed by atoms with Crippen molar-refractivity contribution in [3.63, 3.8) is 0 Å². The Balaban J connectivity index is 2.21. The zero-order chi connectivity index (χ0) is 12.6. The van der Waals surface area contributed by atoms with Crippen molar-refractivity contribution in [1.29, 1.82) is 0 Å². The molecule has 0 bridgehead atoms. The van der Waals surface area contributed by atoms with E-state index in [0.29, 0.717) is 5.92 Å². The maximum absolute atomic E-state index is 6.49. The van der Waals surface area contributed by atoms with Crippen LogP contribution in [-0.2, 0) is 7.05 Å². The van der Waals surface area contributed by atoms with Gasteiger partial charge in [0.2, 0.25) is 0 Å². The van der Waals surface area contributed by atoms with Gasteiger partial charge in [-0.05, 0) is 38.5 Å². The topological polar surface area (TPSA) is 43.8 Å². The fraction of sp³-hybridized carbons (Fsp3) is 0.786. The van der Waals surface area contributed by atoms with E-state index < -0.39 is 0 Å². The van der Waals surface area contributed by atoms with Gasteiger partial charge in [-0.1, -0.05) is 19.8 Å². The smallest absolute Gasteiger partial charge is 0.0644 e. The highest BCUT2D eigenvalue weighted by atomic mass is 15.3. The monoisotopic (exact) mass is 235 g/mol. The molecule has 1 saturated carbocycles. The number of nitrogens with zero attached hydrogens (tertiary/aromatic N) is 2. The van der Waals surface area contributed by atoms with Crippen molar-refractivity contribution in [2.75, 3.05) is 0 Å². The van der Waals surface area contributed by atoms with Crippen LogP contribution in [0.15, 0.2) is 0 Å². The third kappa shape index (κ3) is 2.39. The fourth-order valence-corrected chi connectivity index (χ4v) is 3.32. The molecule has 1 aromatic rings. The summed E-state index contributed by atoms with van der Waals surface area (Å²) in [7, 11) is 2.00. The molecule has 0 saturated heterocycles. The predicted molar refractivity (Wildman–Crippen MR) is 70.7 cm³/mol. The minimum absolute atomic E-state index is 0.173. The summed E-state index contributed by atoms with van der Waals surface area (Å²) < 4.78 is 1.96. The van der Waals surface area contributed by atoms with Crippen LogP contribution < -0.4 is 5.73 Å². The molecular weight excluding hydrogens is 210 g/mol. The van der Waals surface area contributed by atoms with Crippen LogP contribution in [0.3, 0.4) is 0 Å². The molecule has 0 aromatic carbocycles. The number of aromatic nitrogens is 2. The number of rotatable bonds is 2. The molecule has 0 radical (unpaired) electrons. The lowest BCUT2D eigenvalue weighted by Gasteiger charge is -2.31. The Morgan fingerprint density at radius 2 is 2.06 bits per heavy atom. The van der Waals surface area contributed by atoms with Crippen LogP contribution in [0.5, 0.6) is 0 Å². The predicted octanol–water partition coefficient (Wildman–Crippen LogP) is 2.86. The highest BCUT2D eigenvalue weighted by molar-refractivity contribution is 5.28. The Morgan fingerprint density at radius 1 is 1.35 bits per heavy atom. The van der Waals surface area contributed by atoms with E-state index in [1.54, 1.807) is 0 Å². The largest absolute Gasteiger partial charge is 0.324 e. The second-order valence-electron chi connectivity index (χ2n) is 5.77. The van der Waals surface area contributed by atoms with Crippen molar-refractivity contribution in [2.24, 2.45) is 24.6 Å². The minimum Gasteiger partial charge on any atom is -0.324 e. The number of hydrogen-bond donors (Lipinski definition) is 1. The van der Waals surface area contributed by atoms with E-state index in [1.165, 1.54) is 36.9 Å². The molecule has 0 aliphatic heterocycles.